The summed E-state index contributed by atoms with van der Waals surface area (Å²) in [6.07, 6.45) is 0. The quantitative estimate of drug-likeness (QED) is 0.166. The highest BCUT2D eigenvalue weighted by molar-refractivity contribution is 6.20. The maximum absolute atomic E-state index is 6.78. The molecule has 11 aromatic rings. The van der Waals surface area contributed by atoms with Gasteiger partial charge in [0.15, 0.2) is 0 Å². The second-order valence-electron chi connectivity index (χ2n) is 19.2. The summed E-state index contributed by atoms with van der Waals surface area (Å²) in [6, 6.07) is 78.4. The Morgan fingerprint density at radius 1 is 0.364 bits per heavy atom. The Balaban J connectivity index is 1.06. The molecule has 0 N–H and O–H groups in total. The Hall–Kier alpha value is -7.94. The van der Waals surface area contributed by atoms with Crippen LogP contribution in [0, 0.1) is 0 Å². The van der Waals surface area contributed by atoms with Gasteiger partial charge in [-0.1, -0.05) is 198 Å². The molecule has 0 spiro atoms. The Morgan fingerprint density at radius 3 is 1.73 bits per heavy atom. The number of benzene rings is 10. The SMILES string of the molecule is CC1(C)c2ccccc2-c2cc(-c3cccc(N(c4ccccc4-c4cccc5c4-c4ccccc4C5(C)C)c4ccccc4-c4cccc5oc6c7ccccc7ccc6c45)c3)ccc21. The molecule has 0 saturated heterocycles. The zero-order valence-corrected chi connectivity index (χ0v) is 37.6. The summed E-state index contributed by atoms with van der Waals surface area (Å²) in [5.74, 6) is 0. The predicted molar refractivity (Wildman–Crippen MR) is 277 cm³/mol. The number of anilines is 3. The summed E-state index contributed by atoms with van der Waals surface area (Å²) in [7, 11) is 0. The third kappa shape index (κ3) is 5.55. The highest BCUT2D eigenvalue weighted by Crippen LogP contribution is 2.55. The summed E-state index contributed by atoms with van der Waals surface area (Å²) in [6.45, 7) is 9.43. The van der Waals surface area contributed by atoms with Gasteiger partial charge in [0, 0.05) is 43.8 Å². The molecule has 0 aliphatic heterocycles. The molecule has 0 bridgehead atoms. The van der Waals surface area contributed by atoms with Gasteiger partial charge in [-0.05, 0) is 115 Å². The van der Waals surface area contributed by atoms with Crippen LogP contribution in [0.4, 0.5) is 17.1 Å². The zero-order chi connectivity index (χ0) is 44.3. The van der Waals surface area contributed by atoms with E-state index in [2.05, 4.69) is 245 Å². The van der Waals surface area contributed by atoms with Crippen LogP contribution in [0.3, 0.4) is 0 Å². The van der Waals surface area contributed by atoms with Crippen molar-refractivity contribution in [2.75, 3.05) is 4.90 Å². The molecule has 314 valence electrons. The van der Waals surface area contributed by atoms with Crippen LogP contribution in [-0.2, 0) is 10.8 Å². The van der Waals surface area contributed by atoms with Crippen molar-refractivity contribution in [3.8, 4) is 55.6 Å². The van der Waals surface area contributed by atoms with Crippen LogP contribution >= 0.6 is 0 Å². The van der Waals surface area contributed by atoms with Crippen molar-refractivity contribution in [1.29, 1.82) is 0 Å². The normalized spacial score (nSPS) is 14.0. The van der Waals surface area contributed by atoms with Crippen LogP contribution in [-0.4, -0.2) is 0 Å². The number of furan rings is 1. The minimum Gasteiger partial charge on any atom is -0.455 e. The molecular formula is C64H47NO. The zero-order valence-electron chi connectivity index (χ0n) is 37.6. The third-order valence-electron chi connectivity index (χ3n) is 14.9. The van der Waals surface area contributed by atoms with Gasteiger partial charge in [0.25, 0.3) is 0 Å². The van der Waals surface area contributed by atoms with Crippen molar-refractivity contribution in [2.45, 2.75) is 38.5 Å². The molecule has 2 aliphatic rings. The van der Waals surface area contributed by atoms with Gasteiger partial charge in [0.2, 0.25) is 0 Å². The van der Waals surface area contributed by atoms with E-state index in [0.29, 0.717) is 0 Å². The molecule has 2 heteroatoms. The minimum atomic E-state index is -0.125. The molecule has 0 amide bonds. The molecule has 1 heterocycles. The number of rotatable bonds is 6. The van der Waals surface area contributed by atoms with Crippen LogP contribution in [0.15, 0.2) is 217 Å². The van der Waals surface area contributed by atoms with Crippen LogP contribution < -0.4 is 4.90 Å². The standard InChI is InChI=1S/C64H47NO/c1-63(2)53-28-11-7-22-45(53)52-39-42(35-37-55(52)63)41-19-15-20-43(38-41)65(57-31-13-9-23-46(57)48-26-16-30-56-60(48)50-25-8-12-29-54(50)64(56,3)4)58-32-14-10-24-47(58)49-27-17-33-59-61(49)51-36-34-40-18-5-6-21-44(40)62(51)66-59/h5-39H,1-4H3. The summed E-state index contributed by atoms with van der Waals surface area (Å²) in [4.78, 5) is 2.50. The summed E-state index contributed by atoms with van der Waals surface area (Å²) in [5, 5.41) is 4.53. The Morgan fingerprint density at radius 2 is 0.924 bits per heavy atom. The van der Waals surface area contributed by atoms with E-state index < -0.39 is 0 Å². The van der Waals surface area contributed by atoms with E-state index in [1.807, 2.05) is 0 Å². The first-order valence-electron chi connectivity index (χ1n) is 23.2. The number of hydrogen-bond donors (Lipinski definition) is 0. The molecule has 0 unspecified atom stereocenters. The predicted octanol–water partition coefficient (Wildman–Crippen LogP) is 17.8. The molecule has 0 saturated carbocycles. The Labute approximate surface area is 386 Å². The lowest BCUT2D eigenvalue weighted by molar-refractivity contribution is 0.660. The highest BCUT2D eigenvalue weighted by atomic mass is 16.3. The molecule has 66 heavy (non-hydrogen) atoms. The molecule has 1 aromatic heterocycles. The van der Waals surface area contributed by atoms with E-state index in [9.17, 15) is 0 Å². The second-order valence-corrected chi connectivity index (χ2v) is 19.2. The average Bonchev–Trinajstić information content (AvgIpc) is 3.95. The monoisotopic (exact) mass is 845 g/mol. The lowest BCUT2D eigenvalue weighted by atomic mass is 9.82. The van der Waals surface area contributed by atoms with Gasteiger partial charge in [-0.2, -0.15) is 0 Å². The van der Waals surface area contributed by atoms with Crippen LogP contribution in [0.25, 0.3) is 88.3 Å². The van der Waals surface area contributed by atoms with Crippen LogP contribution in [0.5, 0.6) is 0 Å². The van der Waals surface area contributed by atoms with E-state index in [1.54, 1.807) is 0 Å². The fourth-order valence-corrected chi connectivity index (χ4v) is 11.7. The molecule has 0 atom stereocenters. The number of nitrogens with zero attached hydrogens (tertiary/aromatic N) is 1. The first-order chi connectivity index (χ1) is 32.3. The van der Waals surface area contributed by atoms with Gasteiger partial charge in [-0.25, -0.2) is 0 Å². The minimum absolute atomic E-state index is 0.0554. The van der Waals surface area contributed by atoms with Crippen molar-refractivity contribution in [2.24, 2.45) is 0 Å². The third-order valence-corrected chi connectivity index (χ3v) is 14.9. The van der Waals surface area contributed by atoms with Crippen LogP contribution in [0.2, 0.25) is 0 Å². The fourth-order valence-electron chi connectivity index (χ4n) is 11.7. The fraction of sp³-hybridized carbons (Fsp3) is 0.0938. The van der Waals surface area contributed by atoms with E-state index >= 15 is 0 Å². The van der Waals surface area contributed by atoms with E-state index in [-0.39, 0.29) is 10.8 Å². The topological polar surface area (TPSA) is 16.4 Å². The average molecular weight is 846 g/mol. The number of hydrogen-bond acceptors (Lipinski definition) is 2. The molecule has 0 fully saturated rings. The lowest BCUT2D eigenvalue weighted by Gasteiger charge is -2.31. The molecule has 10 aromatic carbocycles. The Bertz CT molecular complexity index is 3790. The second kappa shape index (κ2) is 14.3. The van der Waals surface area contributed by atoms with Crippen molar-refractivity contribution in [1.82, 2.24) is 0 Å². The largest absolute Gasteiger partial charge is 0.455 e. The van der Waals surface area contributed by atoms with E-state index in [1.165, 1.54) is 72.1 Å². The van der Waals surface area contributed by atoms with E-state index in [4.69, 9.17) is 4.42 Å². The maximum Gasteiger partial charge on any atom is 0.143 e. The highest BCUT2D eigenvalue weighted by Gasteiger charge is 2.38. The van der Waals surface area contributed by atoms with Gasteiger partial charge in [0.1, 0.15) is 11.2 Å². The number of para-hydroxylation sites is 2. The first-order valence-corrected chi connectivity index (χ1v) is 23.2. The van der Waals surface area contributed by atoms with Gasteiger partial charge < -0.3 is 9.32 Å². The summed E-state index contributed by atoms with van der Waals surface area (Å²) >= 11 is 0. The van der Waals surface area contributed by atoms with Crippen molar-refractivity contribution in [3.05, 3.63) is 235 Å². The maximum atomic E-state index is 6.78. The Kier molecular flexibility index (Phi) is 8.33. The molecular weight excluding hydrogens is 799 g/mol. The summed E-state index contributed by atoms with van der Waals surface area (Å²) in [5.41, 5.74) is 22.7. The number of fused-ring (bicyclic) bond motifs is 11. The smallest absolute Gasteiger partial charge is 0.143 e. The van der Waals surface area contributed by atoms with Gasteiger partial charge in [0.05, 0.1) is 11.4 Å². The van der Waals surface area contributed by atoms with Gasteiger partial charge in [-0.3, -0.25) is 0 Å². The van der Waals surface area contributed by atoms with Crippen LogP contribution in [0.1, 0.15) is 49.9 Å². The molecule has 13 rings (SSSR count). The first kappa shape index (κ1) is 38.5. The van der Waals surface area contributed by atoms with Gasteiger partial charge >= 0.3 is 0 Å². The van der Waals surface area contributed by atoms with E-state index in [0.717, 1.165) is 55.5 Å². The van der Waals surface area contributed by atoms with Crippen molar-refractivity contribution >= 4 is 49.8 Å². The van der Waals surface area contributed by atoms with Crippen molar-refractivity contribution in [3.63, 3.8) is 0 Å². The van der Waals surface area contributed by atoms with Gasteiger partial charge in [-0.15, -0.1) is 0 Å². The van der Waals surface area contributed by atoms with Crippen molar-refractivity contribution < 1.29 is 4.42 Å². The molecule has 0 radical (unpaired) electrons. The summed E-state index contributed by atoms with van der Waals surface area (Å²) < 4.78 is 6.78. The lowest BCUT2D eigenvalue weighted by Crippen LogP contribution is -2.15. The molecule has 2 aliphatic carbocycles. The molecule has 2 nitrogen and oxygen atoms in total.